The minimum Gasteiger partial charge on any atom is -0.202 e. The Morgan fingerprint density at radius 1 is 1.15 bits per heavy atom. The van der Waals surface area contributed by atoms with Crippen molar-refractivity contribution in [3.05, 3.63) is 0 Å². The third-order valence-corrected chi connectivity index (χ3v) is 3.63. The SMILES string of the molecule is CCCCNS(=O)(=O)N(CC)CC. The van der Waals surface area contributed by atoms with E-state index in [0.29, 0.717) is 19.6 Å². The Morgan fingerprint density at radius 3 is 2.08 bits per heavy atom. The molecule has 0 saturated heterocycles. The first-order valence-electron chi connectivity index (χ1n) is 4.83. The molecule has 0 unspecified atom stereocenters. The Balaban J connectivity index is 4.05. The van der Waals surface area contributed by atoms with E-state index < -0.39 is 10.2 Å². The van der Waals surface area contributed by atoms with Crippen molar-refractivity contribution in [2.75, 3.05) is 19.6 Å². The molecule has 0 rings (SSSR count). The first-order valence-corrected chi connectivity index (χ1v) is 6.27. The molecule has 0 aromatic rings. The second kappa shape index (κ2) is 6.34. The summed E-state index contributed by atoms with van der Waals surface area (Å²) in [5.74, 6) is 0. The predicted molar refractivity (Wildman–Crippen MR) is 54.8 cm³/mol. The fraction of sp³-hybridized carbons (Fsp3) is 1.00. The molecule has 0 aliphatic rings. The molecule has 0 spiro atoms. The molecule has 13 heavy (non-hydrogen) atoms. The van der Waals surface area contributed by atoms with Gasteiger partial charge in [-0.2, -0.15) is 12.7 Å². The van der Waals surface area contributed by atoms with Crippen molar-refractivity contribution in [2.24, 2.45) is 0 Å². The number of nitrogens with zero attached hydrogens (tertiary/aromatic N) is 1. The van der Waals surface area contributed by atoms with Gasteiger partial charge in [-0.15, -0.1) is 0 Å². The van der Waals surface area contributed by atoms with Gasteiger partial charge in [0.25, 0.3) is 10.2 Å². The highest BCUT2D eigenvalue weighted by atomic mass is 32.2. The van der Waals surface area contributed by atoms with Gasteiger partial charge in [0, 0.05) is 19.6 Å². The third kappa shape index (κ3) is 4.59. The summed E-state index contributed by atoms with van der Waals surface area (Å²) in [4.78, 5) is 0. The van der Waals surface area contributed by atoms with Gasteiger partial charge < -0.3 is 0 Å². The molecule has 4 nitrogen and oxygen atoms in total. The largest absolute Gasteiger partial charge is 0.279 e. The van der Waals surface area contributed by atoms with Crippen LogP contribution in [0.25, 0.3) is 0 Å². The van der Waals surface area contributed by atoms with Crippen LogP contribution < -0.4 is 4.72 Å². The van der Waals surface area contributed by atoms with Crippen molar-refractivity contribution in [2.45, 2.75) is 33.6 Å². The minimum absolute atomic E-state index is 0.526. The van der Waals surface area contributed by atoms with Crippen LogP contribution >= 0.6 is 0 Å². The summed E-state index contributed by atoms with van der Waals surface area (Å²) in [7, 11) is -3.21. The summed E-state index contributed by atoms with van der Waals surface area (Å²) in [6.45, 7) is 7.29. The zero-order valence-corrected chi connectivity index (χ0v) is 9.52. The highest BCUT2D eigenvalue weighted by Gasteiger charge is 2.16. The van der Waals surface area contributed by atoms with Gasteiger partial charge in [-0.05, 0) is 6.42 Å². The summed E-state index contributed by atoms with van der Waals surface area (Å²) in [6.07, 6.45) is 1.89. The number of unbranched alkanes of at least 4 members (excludes halogenated alkanes) is 1. The Labute approximate surface area is 81.5 Å². The fourth-order valence-corrected chi connectivity index (χ4v) is 2.30. The quantitative estimate of drug-likeness (QED) is 0.634. The van der Waals surface area contributed by atoms with E-state index in [9.17, 15) is 8.42 Å². The second-order valence-corrected chi connectivity index (χ2v) is 4.59. The molecule has 0 saturated carbocycles. The second-order valence-electron chi connectivity index (χ2n) is 2.84. The van der Waals surface area contributed by atoms with Crippen LogP contribution in [0.3, 0.4) is 0 Å². The van der Waals surface area contributed by atoms with Gasteiger partial charge in [0.1, 0.15) is 0 Å². The first kappa shape index (κ1) is 12.9. The van der Waals surface area contributed by atoms with Gasteiger partial charge in [-0.3, -0.25) is 0 Å². The van der Waals surface area contributed by atoms with E-state index in [1.54, 1.807) is 0 Å². The van der Waals surface area contributed by atoms with Crippen molar-refractivity contribution in [3.63, 3.8) is 0 Å². The van der Waals surface area contributed by atoms with Gasteiger partial charge in [0.15, 0.2) is 0 Å². The van der Waals surface area contributed by atoms with E-state index in [2.05, 4.69) is 4.72 Å². The maximum atomic E-state index is 11.5. The smallest absolute Gasteiger partial charge is 0.202 e. The normalized spacial score (nSPS) is 12.3. The van der Waals surface area contributed by atoms with Crippen LogP contribution in [0.1, 0.15) is 33.6 Å². The molecule has 0 aliphatic carbocycles. The molecule has 0 heterocycles. The number of hydrogen-bond acceptors (Lipinski definition) is 2. The van der Waals surface area contributed by atoms with Crippen LogP contribution in [0.5, 0.6) is 0 Å². The highest BCUT2D eigenvalue weighted by molar-refractivity contribution is 7.87. The molecule has 0 aromatic heterocycles. The van der Waals surface area contributed by atoms with Crippen molar-refractivity contribution in [3.8, 4) is 0 Å². The van der Waals surface area contributed by atoms with E-state index >= 15 is 0 Å². The van der Waals surface area contributed by atoms with Crippen molar-refractivity contribution < 1.29 is 8.42 Å². The van der Waals surface area contributed by atoms with E-state index in [0.717, 1.165) is 12.8 Å². The van der Waals surface area contributed by atoms with Crippen molar-refractivity contribution in [1.82, 2.24) is 9.03 Å². The summed E-state index contributed by atoms with van der Waals surface area (Å²) in [5, 5.41) is 0. The molecule has 0 aromatic carbocycles. The van der Waals surface area contributed by atoms with Crippen LogP contribution in [0, 0.1) is 0 Å². The Bertz CT molecular complexity index is 210. The average molecular weight is 208 g/mol. The molecular formula is C8H20N2O2S. The topological polar surface area (TPSA) is 49.4 Å². The highest BCUT2D eigenvalue weighted by Crippen LogP contribution is 1.96. The maximum Gasteiger partial charge on any atom is 0.279 e. The van der Waals surface area contributed by atoms with E-state index in [1.807, 2.05) is 20.8 Å². The maximum absolute atomic E-state index is 11.5. The predicted octanol–water partition coefficient (Wildman–Crippen LogP) is 0.963. The van der Waals surface area contributed by atoms with Crippen LogP contribution in [-0.2, 0) is 10.2 Å². The van der Waals surface area contributed by atoms with Crippen LogP contribution in [0.2, 0.25) is 0 Å². The molecule has 5 heteroatoms. The van der Waals surface area contributed by atoms with E-state index in [-0.39, 0.29) is 0 Å². The van der Waals surface area contributed by atoms with Gasteiger partial charge >= 0.3 is 0 Å². The standard InChI is InChI=1S/C8H20N2O2S/c1-4-7-8-9-13(11,12)10(5-2)6-3/h9H,4-8H2,1-3H3. The summed E-state index contributed by atoms with van der Waals surface area (Å²) in [5.41, 5.74) is 0. The van der Waals surface area contributed by atoms with Crippen molar-refractivity contribution >= 4 is 10.2 Å². The number of nitrogens with one attached hydrogen (secondary N) is 1. The van der Waals surface area contributed by atoms with Gasteiger partial charge in [0.05, 0.1) is 0 Å². The average Bonchev–Trinajstić information content (AvgIpc) is 2.06. The molecule has 0 atom stereocenters. The zero-order valence-electron chi connectivity index (χ0n) is 8.71. The molecule has 80 valence electrons. The first-order chi connectivity index (χ1) is 6.08. The van der Waals surface area contributed by atoms with Crippen LogP contribution in [0.15, 0.2) is 0 Å². The Morgan fingerprint density at radius 2 is 1.69 bits per heavy atom. The lowest BCUT2D eigenvalue weighted by Gasteiger charge is -2.18. The van der Waals surface area contributed by atoms with Gasteiger partial charge in [-0.25, -0.2) is 4.72 Å². The molecule has 1 N–H and O–H groups in total. The number of rotatable bonds is 7. The monoisotopic (exact) mass is 208 g/mol. The van der Waals surface area contributed by atoms with Gasteiger partial charge in [-0.1, -0.05) is 27.2 Å². The summed E-state index contributed by atoms with van der Waals surface area (Å²) in [6, 6.07) is 0. The van der Waals surface area contributed by atoms with Crippen LogP contribution in [-0.4, -0.2) is 32.4 Å². The van der Waals surface area contributed by atoms with Crippen LogP contribution in [0.4, 0.5) is 0 Å². The van der Waals surface area contributed by atoms with E-state index in [1.165, 1.54) is 4.31 Å². The van der Waals surface area contributed by atoms with Gasteiger partial charge in [0.2, 0.25) is 0 Å². The Kier molecular flexibility index (Phi) is 6.28. The Hall–Kier alpha value is -0.130. The molecule has 0 radical (unpaired) electrons. The third-order valence-electron chi connectivity index (χ3n) is 1.86. The lowest BCUT2D eigenvalue weighted by atomic mass is 10.3. The summed E-state index contributed by atoms with van der Waals surface area (Å²) < 4.78 is 26.9. The number of hydrogen-bond donors (Lipinski definition) is 1. The molecule has 0 aliphatic heterocycles. The molecule has 0 fully saturated rings. The van der Waals surface area contributed by atoms with E-state index in [4.69, 9.17) is 0 Å². The fourth-order valence-electron chi connectivity index (χ4n) is 1.03. The molecular weight excluding hydrogens is 188 g/mol. The molecule has 0 amide bonds. The molecule has 0 bridgehead atoms. The lowest BCUT2D eigenvalue weighted by molar-refractivity contribution is 0.434. The summed E-state index contributed by atoms with van der Waals surface area (Å²) >= 11 is 0. The minimum atomic E-state index is -3.21. The lowest BCUT2D eigenvalue weighted by Crippen LogP contribution is -2.40. The zero-order chi connectivity index (χ0) is 10.3. The van der Waals surface area contributed by atoms with Crippen molar-refractivity contribution in [1.29, 1.82) is 0 Å².